The maximum absolute atomic E-state index is 14.1. The molecule has 0 N–H and O–H groups in total. The van der Waals surface area contributed by atoms with Crippen LogP contribution in [0.2, 0.25) is 0 Å². The second kappa shape index (κ2) is 7.18. The molecule has 0 fully saturated rings. The Morgan fingerprint density at radius 2 is 1.29 bits per heavy atom. The van der Waals surface area contributed by atoms with Crippen LogP contribution in [0.25, 0.3) is 0 Å². The third-order valence-electron chi connectivity index (χ3n) is 3.81. The van der Waals surface area contributed by atoms with Crippen LogP contribution in [0.5, 0.6) is 0 Å². The predicted octanol–water partition coefficient (Wildman–Crippen LogP) is 3.62. The average Bonchev–Trinajstić information content (AvgIpc) is 2.69. The third-order valence-corrected chi connectivity index (χ3v) is 3.81. The molecule has 0 bridgehead atoms. The van der Waals surface area contributed by atoms with Crippen LogP contribution in [0.4, 0.5) is 27.6 Å². The zero-order chi connectivity index (χ0) is 20.6. The first-order valence-corrected chi connectivity index (χ1v) is 7.63. The van der Waals surface area contributed by atoms with Gasteiger partial charge in [-0.3, -0.25) is 19.3 Å². The number of hydrogen-bond acceptors (Lipinski definition) is 3. The van der Waals surface area contributed by atoms with Crippen LogP contribution in [0.3, 0.4) is 0 Å². The highest BCUT2D eigenvalue weighted by atomic mass is 19.2. The number of para-hydroxylation sites is 1. The second-order valence-corrected chi connectivity index (χ2v) is 5.55. The zero-order valence-electron chi connectivity index (χ0n) is 13.7. The van der Waals surface area contributed by atoms with Crippen LogP contribution >= 0.6 is 0 Å². The van der Waals surface area contributed by atoms with Crippen molar-refractivity contribution in [3.05, 3.63) is 88.9 Å². The molecule has 0 saturated heterocycles. The quantitative estimate of drug-likeness (QED) is 0.347. The van der Waals surface area contributed by atoms with Gasteiger partial charge in [0.05, 0.1) is 0 Å². The lowest BCUT2D eigenvalue weighted by molar-refractivity contribution is -0.114. The first kappa shape index (κ1) is 19.2. The number of allylic oxidation sites excluding steroid dienone is 3. The molecule has 0 aromatic heterocycles. The van der Waals surface area contributed by atoms with Crippen molar-refractivity contribution in [3.8, 4) is 0 Å². The molecule has 28 heavy (non-hydrogen) atoms. The summed E-state index contributed by atoms with van der Waals surface area (Å²) in [5, 5.41) is 0. The van der Waals surface area contributed by atoms with Gasteiger partial charge in [0.2, 0.25) is 11.6 Å². The molecule has 1 amide bonds. The number of rotatable bonds is 3. The number of amides is 1. The molecule has 2 aromatic carbocycles. The number of benzene rings is 2. The molecule has 1 aliphatic rings. The predicted molar refractivity (Wildman–Crippen MR) is 86.7 cm³/mol. The van der Waals surface area contributed by atoms with E-state index in [1.54, 1.807) is 0 Å². The SMILES string of the molecule is O=C1C=CC(=O)C(N(C(=O)c2c(F)c(F)c(F)c(F)c2F)c2ccccc2)=C1. The molecule has 0 atom stereocenters. The lowest BCUT2D eigenvalue weighted by atomic mass is 10.0. The van der Waals surface area contributed by atoms with E-state index in [0.717, 1.165) is 18.2 Å². The van der Waals surface area contributed by atoms with Gasteiger partial charge in [-0.2, -0.15) is 0 Å². The maximum Gasteiger partial charge on any atom is 0.269 e. The van der Waals surface area contributed by atoms with E-state index in [1.165, 1.54) is 30.3 Å². The van der Waals surface area contributed by atoms with Crippen LogP contribution < -0.4 is 4.90 Å². The Morgan fingerprint density at radius 1 is 0.750 bits per heavy atom. The van der Waals surface area contributed by atoms with Gasteiger partial charge in [0.15, 0.2) is 29.1 Å². The van der Waals surface area contributed by atoms with Gasteiger partial charge >= 0.3 is 0 Å². The molecule has 0 heterocycles. The third kappa shape index (κ3) is 3.11. The normalized spacial score (nSPS) is 13.5. The van der Waals surface area contributed by atoms with Crippen LogP contribution in [0.1, 0.15) is 10.4 Å². The highest BCUT2D eigenvalue weighted by Crippen LogP contribution is 2.29. The Labute approximate surface area is 154 Å². The van der Waals surface area contributed by atoms with E-state index in [2.05, 4.69) is 0 Å². The Kier molecular flexibility index (Phi) is 4.91. The fraction of sp³-hybridized carbons (Fsp3) is 0. The van der Waals surface area contributed by atoms with Gasteiger partial charge in [0, 0.05) is 11.8 Å². The summed E-state index contributed by atoms with van der Waals surface area (Å²) in [7, 11) is 0. The van der Waals surface area contributed by atoms with Crippen LogP contribution in [-0.4, -0.2) is 17.5 Å². The zero-order valence-corrected chi connectivity index (χ0v) is 13.7. The molecule has 0 aliphatic heterocycles. The first-order chi connectivity index (χ1) is 13.2. The van der Waals surface area contributed by atoms with E-state index in [-0.39, 0.29) is 5.69 Å². The highest BCUT2D eigenvalue weighted by molar-refractivity contribution is 6.24. The van der Waals surface area contributed by atoms with Gasteiger partial charge in [-0.15, -0.1) is 0 Å². The highest BCUT2D eigenvalue weighted by Gasteiger charge is 2.35. The van der Waals surface area contributed by atoms with Crippen molar-refractivity contribution in [1.29, 1.82) is 0 Å². The minimum Gasteiger partial charge on any atom is -0.290 e. The molecule has 9 heteroatoms. The van der Waals surface area contributed by atoms with E-state index in [1.807, 2.05) is 0 Å². The summed E-state index contributed by atoms with van der Waals surface area (Å²) < 4.78 is 68.6. The first-order valence-electron chi connectivity index (χ1n) is 7.63. The standard InChI is InChI=1S/C19H8F5NO3/c20-14-13(15(21)17(23)18(24)16(14)22)19(28)25(9-4-2-1-3-5-9)11-8-10(26)6-7-12(11)27/h1-8H. The molecule has 0 saturated carbocycles. The second-order valence-electron chi connectivity index (χ2n) is 5.55. The monoisotopic (exact) mass is 393 g/mol. The van der Waals surface area contributed by atoms with Crippen molar-refractivity contribution in [1.82, 2.24) is 0 Å². The summed E-state index contributed by atoms with van der Waals surface area (Å²) in [5.74, 6) is -15.0. The van der Waals surface area contributed by atoms with Crippen molar-refractivity contribution in [2.45, 2.75) is 0 Å². The van der Waals surface area contributed by atoms with Crippen molar-refractivity contribution < 1.29 is 36.3 Å². The molecule has 0 spiro atoms. The molecule has 0 radical (unpaired) electrons. The number of ketones is 2. The Morgan fingerprint density at radius 3 is 1.86 bits per heavy atom. The molecular weight excluding hydrogens is 385 g/mol. The average molecular weight is 393 g/mol. The fourth-order valence-corrected chi connectivity index (χ4v) is 2.52. The topological polar surface area (TPSA) is 54.5 Å². The minimum absolute atomic E-state index is 0.126. The number of anilines is 1. The molecule has 4 nitrogen and oxygen atoms in total. The van der Waals surface area contributed by atoms with E-state index >= 15 is 0 Å². The lowest BCUT2D eigenvalue weighted by Gasteiger charge is -2.25. The Hall–Kier alpha value is -3.62. The molecule has 142 valence electrons. The van der Waals surface area contributed by atoms with Gasteiger partial charge in [0.1, 0.15) is 11.3 Å². The summed E-state index contributed by atoms with van der Waals surface area (Å²) in [6, 6.07) is 6.83. The van der Waals surface area contributed by atoms with Crippen molar-refractivity contribution in [3.63, 3.8) is 0 Å². The van der Waals surface area contributed by atoms with Gasteiger partial charge in [-0.05, 0) is 24.3 Å². The Bertz CT molecular complexity index is 1050. The lowest BCUT2D eigenvalue weighted by Crippen LogP contribution is -2.36. The minimum atomic E-state index is -2.43. The van der Waals surface area contributed by atoms with Crippen LogP contribution in [-0.2, 0) is 9.59 Å². The maximum atomic E-state index is 14.1. The number of hydrogen-bond donors (Lipinski definition) is 0. The van der Waals surface area contributed by atoms with Crippen LogP contribution in [0, 0.1) is 29.1 Å². The van der Waals surface area contributed by atoms with Gasteiger partial charge in [0.25, 0.3) is 5.91 Å². The van der Waals surface area contributed by atoms with E-state index in [0.29, 0.717) is 4.90 Å². The number of nitrogens with zero attached hydrogens (tertiary/aromatic N) is 1. The van der Waals surface area contributed by atoms with E-state index in [9.17, 15) is 36.3 Å². The number of carbonyl (C=O) groups is 3. The van der Waals surface area contributed by atoms with Crippen molar-refractivity contribution in [2.75, 3.05) is 4.90 Å². The van der Waals surface area contributed by atoms with E-state index < -0.39 is 57.8 Å². The van der Waals surface area contributed by atoms with Crippen molar-refractivity contribution in [2.24, 2.45) is 0 Å². The molecule has 0 unspecified atom stereocenters. The number of carbonyl (C=O) groups excluding carboxylic acids is 3. The van der Waals surface area contributed by atoms with Crippen molar-refractivity contribution >= 4 is 23.2 Å². The van der Waals surface area contributed by atoms with Gasteiger partial charge < -0.3 is 0 Å². The molecule has 2 aromatic rings. The van der Waals surface area contributed by atoms with Gasteiger partial charge in [-0.25, -0.2) is 22.0 Å². The largest absolute Gasteiger partial charge is 0.290 e. The number of halogens is 5. The molecule has 3 rings (SSSR count). The van der Waals surface area contributed by atoms with E-state index in [4.69, 9.17) is 0 Å². The summed E-state index contributed by atoms with van der Waals surface area (Å²) in [6.07, 6.45) is 2.44. The molecular formula is C19H8F5NO3. The molecule has 1 aliphatic carbocycles. The summed E-state index contributed by atoms with van der Waals surface area (Å²) in [6.45, 7) is 0. The summed E-state index contributed by atoms with van der Waals surface area (Å²) >= 11 is 0. The van der Waals surface area contributed by atoms with Gasteiger partial charge in [-0.1, -0.05) is 18.2 Å². The summed E-state index contributed by atoms with van der Waals surface area (Å²) in [5.41, 5.74) is -2.48. The summed E-state index contributed by atoms with van der Waals surface area (Å²) in [4.78, 5) is 37.0. The Balaban J connectivity index is 2.25. The smallest absolute Gasteiger partial charge is 0.269 e. The fourth-order valence-electron chi connectivity index (χ4n) is 2.52. The van der Waals surface area contributed by atoms with Crippen LogP contribution in [0.15, 0.2) is 54.3 Å².